The van der Waals surface area contributed by atoms with Gasteiger partial charge in [-0.05, 0) is 48.4 Å². The van der Waals surface area contributed by atoms with Crippen LogP contribution >= 0.6 is 15.9 Å². The minimum atomic E-state index is 0.202. The van der Waals surface area contributed by atoms with Gasteiger partial charge in [0.05, 0.1) is 6.07 Å². The van der Waals surface area contributed by atoms with Crippen molar-refractivity contribution in [3.8, 4) is 6.07 Å². The van der Waals surface area contributed by atoms with Crippen molar-refractivity contribution in [3.63, 3.8) is 0 Å². The fourth-order valence-corrected chi connectivity index (χ4v) is 3.55. The molecule has 0 saturated carbocycles. The van der Waals surface area contributed by atoms with Gasteiger partial charge in [-0.3, -0.25) is 0 Å². The van der Waals surface area contributed by atoms with Gasteiger partial charge in [-0.1, -0.05) is 29.8 Å². The summed E-state index contributed by atoms with van der Waals surface area (Å²) in [7, 11) is 0. The van der Waals surface area contributed by atoms with E-state index in [0.717, 1.165) is 24.0 Å². The minimum Gasteiger partial charge on any atom is -0.371 e. The molecule has 2 nitrogen and oxygen atoms in total. The SMILES string of the molecule is Cc1cc(Br)ccc1N1CCC(CC#N)C(C)(C)C1. The highest BCUT2D eigenvalue weighted by atomic mass is 79.9. The third-order valence-corrected chi connectivity index (χ3v) is 4.78. The third kappa shape index (κ3) is 3.12. The molecule has 0 aromatic heterocycles. The van der Waals surface area contributed by atoms with Gasteiger partial charge in [-0.25, -0.2) is 0 Å². The van der Waals surface area contributed by atoms with E-state index in [1.165, 1.54) is 11.3 Å². The molecule has 0 aliphatic carbocycles. The molecule has 0 spiro atoms. The molecule has 1 heterocycles. The van der Waals surface area contributed by atoms with E-state index in [9.17, 15) is 0 Å². The van der Waals surface area contributed by atoms with Crippen LogP contribution in [0.3, 0.4) is 0 Å². The van der Waals surface area contributed by atoms with Crippen molar-refractivity contribution in [1.29, 1.82) is 5.26 Å². The number of benzene rings is 1. The van der Waals surface area contributed by atoms with Gasteiger partial charge in [0, 0.05) is 29.7 Å². The number of anilines is 1. The lowest BCUT2D eigenvalue weighted by Gasteiger charge is -2.45. The second kappa shape index (κ2) is 5.54. The van der Waals surface area contributed by atoms with Gasteiger partial charge in [0.15, 0.2) is 0 Å². The Bertz CT molecular complexity index is 502. The van der Waals surface area contributed by atoms with E-state index in [1.807, 2.05) is 0 Å². The van der Waals surface area contributed by atoms with Gasteiger partial charge in [-0.15, -0.1) is 0 Å². The number of hydrogen-bond donors (Lipinski definition) is 0. The van der Waals surface area contributed by atoms with E-state index in [4.69, 9.17) is 5.26 Å². The number of hydrogen-bond acceptors (Lipinski definition) is 2. The molecular formula is C16H21BrN2. The molecule has 0 bridgehead atoms. The van der Waals surface area contributed by atoms with Crippen LogP contribution in [0.4, 0.5) is 5.69 Å². The normalized spacial score (nSPS) is 22.1. The molecule has 1 aliphatic heterocycles. The molecule has 0 radical (unpaired) electrons. The predicted molar refractivity (Wildman–Crippen MR) is 83.2 cm³/mol. The Morgan fingerprint density at radius 1 is 1.47 bits per heavy atom. The first kappa shape index (κ1) is 14.4. The molecule has 0 N–H and O–H groups in total. The first-order valence-corrected chi connectivity index (χ1v) is 7.61. The first-order chi connectivity index (χ1) is 8.94. The van der Waals surface area contributed by atoms with Crippen molar-refractivity contribution in [2.45, 2.75) is 33.6 Å². The highest BCUT2D eigenvalue weighted by Gasteiger charge is 2.35. The quantitative estimate of drug-likeness (QED) is 0.800. The zero-order chi connectivity index (χ0) is 14.0. The van der Waals surface area contributed by atoms with Crippen LogP contribution in [0.1, 0.15) is 32.3 Å². The highest BCUT2D eigenvalue weighted by Crippen LogP contribution is 2.39. The Hall–Kier alpha value is -1.01. The van der Waals surface area contributed by atoms with Crippen LogP contribution in [0.15, 0.2) is 22.7 Å². The van der Waals surface area contributed by atoms with Crippen LogP contribution in [-0.2, 0) is 0 Å². The molecule has 1 unspecified atom stereocenters. The van der Waals surface area contributed by atoms with Crippen LogP contribution in [0.5, 0.6) is 0 Å². The molecule has 1 aromatic carbocycles. The number of rotatable bonds is 2. The minimum absolute atomic E-state index is 0.202. The van der Waals surface area contributed by atoms with Crippen LogP contribution in [0.2, 0.25) is 0 Å². The molecule has 102 valence electrons. The molecule has 1 aliphatic rings. The molecule has 1 saturated heterocycles. The summed E-state index contributed by atoms with van der Waals surface area (Å²) in [5.74, 6) is 0.518. The zero-order valence-electron chi connectivity index (χ0n) is 11.9. The molecule has 19 heavy (non-hydrogen) atoms. The Morgan fingerprint density at radius 2 is 2.21 bits per heavy atom. The summed E-state index contributed by atoms with van der Waals surface area (Å²) in [5, 5.41) is 8.94. The van der Waals surface area contributed by atoms with E-state index >= 15 is 0 Å². The third-order valence-electron chi connectivity index (χ3n) is 4.29. The molecule has 1 fully saturated rings. The zero-order valence-corrected chi connectivity index (χ0v) is 13.5. The fraction of sp³-hybridized carbons (Fsp3) is 0.562. The lowest BCUT2D eigenvalue weighted by Crippen LogP contribution is -2.46. The lowest BCUT2D eigenvalue weighted by atomic mass is 9.72. The van der Waals surface area contributed by atoms with Crippen molar-refractivity contribution in [3.05, 3.63) is 28.2 Å². The summed E-state index contributed by atoms with van der Waals surface area (Å²) in [5.41, 5.74) is 2.84. The molecule has 0 amide bonds. The monoisotopic (exact) mass is 320 g/mol. The summed E-state index contributed by atoms with van der Waals surface area (Å²) in [6.07, 6.45) is 1.79. The number of nitrogens with zero attached hydrogens (tertiary/aromatic N) is 2. The van der Waals surface area contributed by atoms with E-state index in [1.54, 1.807) is 0 Å². The first-order valence-electron chi connectivity index (χ1n) is 6.82. The smallest absolute Gasteiger partial charge is 0.0624 e. The van der Waals surface area contributed by atoms with Gasteiger partial charge in [0.25, 0.3) is 0 Å². The maximum absolute atomic E-state index is 8.94. The largest absolute Gasteiger partial charge is 0.371 e. The van der Waals surface area contributed by atoms with Crippen LogP contribution < -0.4 is 4.90 Å². The Morgan fingerprint density at radius 3 is 2.79 bits per heavy atom. The van der Waals surface area contributed by atoms with Gasteiger partial charge >= 0.3 is 0 Å². The molecule has 2 rings (SSSR count). The fourth-order valence-electron chi connectivity index (χ4n) is 3.07. The number of piperidine rings is 1. The summed E-state index contributed by atoms with van der Waals surface area (Å²) in [6, 6.07) is 8.81. The second-order valence-electron chi connectivity index (χ2n) is 6.19. The van der Waals surface area contributed by atoms with Crippen molar-refractivity contribution < 1.29 is 0 Å². The topological polar surface area (TPSA) is 27.0 Å². The van der Waals surface area contributed by atoms with Crippen LogP contribution in [0.25, 0.3) is 0 Å². The Kier molecular flexibility index (Phi) is 4.20. The Labute approximate surface area is 124 Å². The summed E-state index contributed by atoms with van der Waals surface area (Å²) >= 11 is 3.52. The maximum atomic E-state index is 8.94. The second-order valence-corrected chi connectivity index (χ2v) is 7.10. The van der Waals surface area contributed by atoms with E-state index in [-0.39, 0.29) is 5.41 Å². The van der Waals surface area contributed by atoms with Crippen molar-refractivity contribution >= 4 is 21.6 Å². The maximum Gasteiger partial charge on any atom is 0.0624 e. The molecule has 1 aromatic rings. The lowest BCUT2D eigenvalue weighted by molar-refractivity contribution is 0.179. The summed E-state index contributed by atoms with van der Waals surface area (Å²) < 4.78 is 1.13. The van der Waals surface area contributed by atoms with Crippen LogP contribution in [0, 0.1) is 29.6 Å². The van der Waals surface area contributed by atoms with E-state index in [0.29, 0.717) is 12.3 Å². The van der Waals surface area contributed by atoms with Crippen molar-refractivity contribution in [2.24, 2.45) is 11.3 Å². The van der Waals surface area contributed by atoms with Gasteiger partial charge in [0.2, 0.25) is 0 Å². The van der Waals surface area contributed by atoms with E-state index < -0.39 is 0 Å². The number of aryl methyl sites for hydroxylation is 1. The van der Waals surface area contributed by atoms with Crippen molar-refractivity contribution in [2.75, 3.05) is 18.0 Å². The number of halogens is 1. The number of nitriles is 1. The average molecular weight is 321 g/mol. The molecular weight excluding hydrogens is 300 g/mol. The predicted octanol–water partition coefficient (Wildman–Crippen LogP) is 4.52. The highest BCUT2D eigenvalue weighted by molar-refractivity contribution is 9.10. The Balaban J connectivity index is 2.19. The molecule has 1 atom stereocenters. The van der Waals surface area contributed by atoms with E-state index in [2.05, 4.69) is 65.9 Å². The average Bonchev–Trinajstić information content (AvgIpc) is 2.31. The summed E-state index contributed by atoms with van der Waals surface area (Å²) in [6.45, 7) is 8.82. The van der Waals surface area contributed by atoms with Gasteiger partial charge < -0.3 is 4.90 Å². The van der Waals surface area contributed by atoms with Crippen molar-refractivity contribution in [1.82, 2.24) is 0 Å². The van der Waals surface area contributed by atoms with Crippen LogP contribution in [-0.4, -0.2) is 13.1 Å². The molecule has 3 heteroatoms. The van der Waals surface area contributed by atoms with Gasteiger partial charge in [-0.2, -0.15) is 5.26 Å². The standard InChI is InChI=1S/C16H21BrN2/c1-12-10-14(17)4-5-15(12)19-9-7-13(6-8-18)16(2,3)11-19/h4-5,10,13H,6-7,9,11H2,1-3H3. The van der Waals surface area contributed by atoms with Gasteiger partial charge in [0.1, 0.15) is 0 Å². The summed E-state index contributed by atoms with van der Waals surface area (Å²) in [4.78, 5) is 2.47.